The lowest BCUT2D eigenvalue weighted by Crippen LogP contribution is -2.26. The van der Waals surface area contributed by atoms with Gasteiger partial charge in [-0.25, -0.2) is 4.79 Å². The fourth-order valence-corrected chi connectivity index (χ4v) is 1.38. The molecule has 15 heavy (non-hydrogen) atoms. The molecule has 0 aliphatic carbocycles. The minimum Gasteiger partial charge on any atom is -0.492 e. The molecule has 0 saturated carbocycles. The predicted octanol–water partition coefficient (Wildman–Crippen LogP) is 2.23. The standard InChI is InChI=1S/C10H12BrNO3/c11-7-8-1-3-9(4-2-8)15-6-5-12-10(13)14/h1-4,12H,5-7H2,(H,13,14). The maximum atomic E-state index is 10.1. The van der Waals surface area contributed by atoms with E-state index in [0.29, 0.717) is 6.61 Å². The van der Waals surface area contributed by atoms with Crippen LogP contribution in [0.15, 0.2) is 24.3 Å². The molecule has 1 rings (SSSR count). The van der Waals surface area contributed by atoms with E-state index in [1.54, 1.807) is 0 Å². The van der Waals surface area contributed by atoms with Crippen LogP contribution in [0.4, 0.5) is 4.79 Å². The molecule has 0 atom stereocenters. The van der Waals surface area contributed by atoms with E-state index in [1.165, 1.54) is 5.56 Å². The van der Waals surface area contributed by atoms with Crippen LogP contribution in [0.2, 0.25) is 0 Å². The number of alkyl halides is 1. The normalized spacial score (nSPS) is 9.67. The van der Waals surface area contributed by atoms with Crippen molar-refractivity contribution in [3.05, 3.63) is 29.8 Å². The number of benzene rings is 1. The van der Waals surface area contributed by atoms with Crippen LogP contribution in [0.3, 0.4) is 0 Å². The molecule has 82 valence electrons. The number of rotatable bonds is 5. The van der Waals surface area contributed by atoms with Gasteiger partial charge in [0.1, 0.15) is 12.4 Å². The van der Waals surface area contributed by atoms with Crippen LogP contribution in [-0.2, 0) is 5.33 Å². The highest BCUT2D eigenvalue weighted by atomic mass is 79.9. The molecule has 0 spiro atoms. The molecule has 4 nitrogen and oxygen atoms in total. The second-order valence-corrected chi connectivity index (χ2v) is 3.42. The van der Waals surface area contributed by atoms with Gasteiger partial charge in [-0.15, -0.1) is 0 Å². The van der Waals surface area contributed by atoms with Crippen molar-refractivity contribution in [2.24, 2.45) is 0 Å². The van der Waals surface area contributed by atoms with Crippen molar-refractivity contribution in [1.29, 1.82) is 0 Å². The summed E-state index contributed by atoms with van der Waals surface area (Å²) in [7, 11) is 0. The van der Waals surface area contributed by atoms with Crippen molar-refractivity contribution in [3.63, 3.8) is 0 Å². The smallest absolute Gasteiger partial charge is 0.404 e. The van der Waals surface area contributed by atoms with Crippen LogP contribution >= 0.6 is 15.9 Å². The third kappa shape index (κ3) is 4.69. The summed E-state index contributed by atoms with van der Waals surface area (Å²) in [5.41, 5.74) is 1.17. The van der Waals surface area contributed by atoms with Crippen molar-refractivity contribution in [1.82, 2.24) is 5.32 Å². The van der Waals surface area contributed by atoms with Gasteiger partial charge in [0.2, 0.25) is 0 Å². The maximum Gasteiger partial charge on any atom is 0.404 e. The lowest BCUT2D eigenvalue weighted by Gasteiger charge is -2.06. The summed E-state index contributed by atoms with van der Waals surface area (Å²) in [6.45, 7) is 0.621. The van der Waals surface area contributed by atoms with Crippen LogP contribution in [0, 0.1) is 0 Å². The zero-order chi connectivity index (χ0) is 11.1. The Bertz CT molecular complexity index is 313. The molecule has 0 radical (unpaired) electrons. The van der Waals surface area contributed by atoms with Gasteiger partial charge < -0.3 is 15.2 Å². The van der Waals surface area contributed by atoms with Crippen LogP contribution in [0.1, 0.15) is 5.56 Å². The minimum atomic E-state index is -1.03. The second-order valence-electron chi connectivity index (χ2n) is 2.86. The first-order chi connectivity index (χ1) is 7.22. The highest BCUT2D eigenvalue weighted by Gasteiger charge is 1.96. The van der Waals surface area contributed by atoms with Crippen molar-refractivity contribution in [2.45, 2.75) is 5.33 Å². The predicted molar refractivity (Wildman–Crippen MR) is 60.6 cm³/mol. The Morgan fingerprint density at radius 1 is 1.40 bits per heavy atom. The third-order valence-corrected chi connectivity index (χ3v) is 2.37. The molecule has 1 aromatic carbocycles. The number of carbonyl (C=O) groups is 1. The number of nitrogens with one attached hydrogen (secondary N) is 1. The largest absolute Gasteiger partial charge is 0.492 e. The van der Waals surface area contributed by atoms with Gasteiger partial charge in [-0.1, -0.05) is 28.1 Å². The summed E-state index contributed by atoms with van der Waals surface area (Å²) in [6, 6.07) is 7.62. The fourth-order valence-electron chi connectivity index (χ4n) is 1.00. The van der Waals surface area contributed by atoms with Crippen LogP contribution in [0.5, 0.6) is 5.75 Å². The van der Waals surface area contributed by atoms with Crippen molar-refractivity contribution < 1.29 is 14.6 Å². The van der Waals surface area contributed by atoms with Gasteiger partial charge in [0.05, 0.1) is 6.54 Å². The fraction of sp³-hybridized carbons (Fsp3) is 0.300. The van der Waals surface area contributed by atoms with E-state index >= 15 is 0 Å². The Balaban J connectivity index is 2.28. The van der Waals surface area contributed by atoms with Crippen LogP contribution in [-0.4, -0.2) is 24.4 Å². The molecular formula is C10H12BrNO3. The van der Waals surface area contributed by atoms with E-state index in [-0.39, 0.29) is 6.54 Å². The molecule has 0 heterocycles. The first-order valence-corrected chi connectivity index (χ1v) is 5.59. The highest BCUT2D eigenvalue weighted by molar-refractivity contribution is 9.08. The molecule has 0 aromatic heterocycles. The summed E-state index contributed by atoms with van der Waals surface area (Å²) in [6.07, 6.45) is -1.03. The number of carboxylic acid groups (broad SMARTS) is 1. The Morgan fingerprint density at radius 2 is 2.07 bits per heavy atom. The van der Waals surface area contributed by atoms with Crippen molar-refractivity contribution in [2.75, 3.05) is 13.2 Å². The van der Waals surface area contributed by atoms with Gasteiger partial charge >= 0.3 is 6.09 Å². The van der Waals surface area contributed by atoms with Crippen LogP contribution in [0.25, 0.3) is 0 Å². The molecule has 0 bridgehead atoms. The Labute approximate surface area is 96.4 Å². The minimum absolute atomic E-state index is 0.287. The summed E-state index contributed by atoms with van der Waals surface area (Å²) < 4.78 is 5.31. The summed E-state index contributed by atoms with van der Waals surface area (Å²) in [5, 5.41) is 11.3. The van der Waals surface area contributed by atoms with Gasteiger partial charge in [-0.05, 0) is 17.7 Å². The summed E-state index contributed by atoms with van der Waals surface area (Å²) in [5.74, 6) is 0.742. The number of ether oxygens (including phenoxy) is 1. The van der Waals surface area contributed by atoms with E-state index in [1.807, 2.05) is 24.3 Å². The molecule has 2 N–H and O–H groups in total. The number of hydrogen-bond acceptors (Lipinski definition) is 2. The lowest BCUT2D eigenvalue weighted by molar-refractivity contribution is 0.191. The zero-order valence-corrected chi connectivity index (χ0v) is 9.66. The van der Waals surface area contributed by atoms with E-state index in [4.69, 9.17) is 9.84 Å². The average molecular weight is 274 g/mol. The number of amides is 1. The molecule has 5 heteroatoms. The second kappa shape index (κ2) is 6.29. The number of hydrogen-bond donors (Lipinski definition) is 2. The van der Waals surface area contributed by atoms with Gasteiger partial charge in [-0.2, -0.15) is 0 Å². The Morgan fingerprint density at radius 3 is 2.60 bits per heavy atom. The van der Waals surface area contributed by atoms with E-state index in [9.17, 15) is 4.79 Å². The maximum absolute atomic E-state index is 10.1. The monoisotopic (exact) mass is 273 g/mol. The zero-order valence-electron chi connectivity index (χ0n) is 8.07. The molecule has 1 amide bonds. The lowest BCUT2D eigenvalue weighted by atomic mass is 10.2. The number of halogens is 1. The third-order valence-electron chi connectivity index (χ3n) is 1.72. The molecular weight excluding hydrogens is 262 g/mol. The van der Waals surface area contributed by atoms with E-state index in [0.717, 1.165) is 11.1 Å². The van der Waals surface area contributed by atoms with Crippen LogP contribution < -0.4 is 10.1 Å². The molecule has 0 fully saturated rings. The molecule has 0 aliphatic rings. The van der Waals surface area contributed by atoms with Gasteiger partial charge in [0.25, 0.3) is 0 Å². The highest BCUT2D eigenvalue weighted by Crippen LogP contribution is 2.13. The average Bonchev–Trinajstić information content (AvgIpc) is 2.25. The Hall–Kier alpha value is -1.23. The topological polar surface area (TPSA) is 58.6 Å². The molecule has 0 saturated heterocycles. The molecule has 0 aliphatic heterocycles. The SMILES string of the molecule is O=C(O)NCCOc1ccc(CBr)cc1. The first kappa shape index (κ1) is 11.8. The van der Waals surface area contributed by atoms with E-state index < -0.39 is 6.09 Å². The van der Waals surface area contributed by atoms with Crippen molar-refractivity contribution >= 4 is 22.0 Å². The van der Waals surface area contributed by atoms with Gasteiger partial charge in [0, 0.05) is 5.33 Å². The summed E-state index contributed by atoms with van der Waals surface area (Å²) >= 11 is 3.35. The first-order valence-electron chi connectivity index (χ1n) is 4.47. The molecule has 1 aromatic rings. The van der Waals surface area contributed by atoms with Crippen molar-refractivity contribution in [3.8, 4) is 5.75 Å². The quantitative estimate of drug-likeness (QED) is 0.639. The van der Waals surface area contributed by atoms with Gasteiger partial charge in [0.15, 0.2) is 0 Å². The van der Waals surface area contributed by atoms with E-state index in [2.05, 4.69) is 21.2 Å². The van der Waals surface area contributed by atoms with Gasteiger partial charge in [-0.3, -0.25) is 0 Å². The summed E-state index contributed by atoms with van der Waals surface area (Å²) in [4.78, 5) is 10.1. The Kier molecular flexibility index (Phi) is 4.97. The molecule has 0 unspecified atom stereocenters.